The minimum atomic E-state index is -1.24. The Hall–Kier alpha value is -3.58. The first-order valence-electron chi connectivity index (χ1n) is 11.6. The van der Waals surface area contributed by atoms with Gasteiger partial charge in [-0.05, 0) is 64.6 Å². The van der Waals surface area contributed by atoms with Crippen molar-refractivity contribution >= 4 is 29.2 Å². The molecule has 0 radical (unpaired) electrons. The number of carboxylic acid groups (broad SMARTS) is 1. The highest BCUT2D eigenvalue weighted by atomic mass is 35.5. The van der Waals surface area contributed by atoms with Gasteiger partial charge in [-0.1, -0.05) is 44.5 Å². The Morgan fingerprint density at radius 2 is 1.75 bits per heavy atom. The van der Waals surface area contributed by atoms with Crippen LogP contribution in [0.4, 0.5) is 10.1 Å². The number of rotatable bonds is 3. The van der Waals surface area contributed by atoms with E-state index >= 15 is 0 Å². The fourth-order valence-corrected chi connectivity index (χ4v) is 5.41. The zero-order valence-corrected chi connectivity index (χ0v) is 20.8. The molecule has 2 atom stereocenters. The maximum Gasteiger partial charge on any atom is 0.313 e. The number of carboxylic acids is 1. The SMILES string of the molecule is CC(C)(C)c1ccc(N2C(=O)c3ccc(F)cc3[C@H](C(=O)O)[C@H]2c2ccc3c(c2)OCCO3)cc1Cl. The topological polar surface area (TPSA) is 76.1 Å². The van der Waals surface area contributed by atoms with Crippen LogP contribution in [0.25, 0.3) is 0 Å². The van der Waals surface area contributed by atoms with Gasteiger partial charge in [-0.15, -0.1) is 0 Å². The molecule has 2 aliphatic heterocycles. The van der Waals surface area contributed by atoms with Gasteiger partial charge in [0.15, 0.2) is 11.5 Å². The molecular formula is C28H25ClFNO5. The van der Waals surface area contributed by atoms with Crippen molar-refractivity contribution in [1.29, 1.82) is 0 Å². The highest BCUT2D eigenvalue weighted by Gasteiger charge is 2.46. The van der Waals surface area contributed by atoms with E-state index in [0.717, 1.165) is 17.7 Å². The lowest BCUT2D eigenvalue weighted by Crippen LogP contribution is -2.45. The fourth-order valence-electron chi connectivity index (χ4n) is 4.95. The number of fused-ring (bicyclic) bond motifs is 2. The standard InChI is InChI=1S/C28H25ClFNO5/c1-28(2,3)20-8-6-17(14-21(20)29)31-25(15-4-9-22-23(12-15)36-11-10-35-22)24(27(33)34)19-13-16(30)5-7-18(19)26(31)32/h4-9,12-14,24-25H,10-11H2,1-3H3,(H,33,34)/t24-,25+/m0/s1. The van der Waals surface area contributed by atoms with Crippen LogP contribution in [-0.4, -0.2) is 30.2 Å². The molecule has 2 aliphatic rings. The maximum absolute atomic E-state index is 14.3. The Labute approximate surface area is 213 Å². The molecule has 2 heterocycles. The summed E-state index contributed by atoms with van der Waals surface area (Å²) in [5.74, 6) is -2.48. The average Bonchev–Trinajstić information content (AvgIpc) is 2.82. The van der Waals surface area contributed by atoms with Gasteiger partial charge < -0.3 is 14.6 Å². The van der Waals surface area contributed by atoms with Gasteiger partial charge >= 0.3 is 5.97 Å². The number of hydrogen-bond donors (Lipinski definition) is 1. The quantitative estimate of drug-likeness (QED) is 0.460. The van der Waals surface area contributed by atoms with E-state index in [9.17, 15) is 19.1 Å². The number of amides is 1. The number of anilines is 1. The van der Waals surface area contributed by atoms with Crippen molar-refractivity contribution in [2.24, 2.45) is 0 Å². The molecule has 3 aromatic rings. The molecule has 0 saturated carbocycles. The number of aliphatic carboxylic acids is 1. The van der Waals surface area contributed by atoms with Gasteiger partial charge in [0.25, 0.3) is 5.91 Å². The van der Waals surface area contributed by atoms with E-state index in [1.807, 2.05) is 26.8 Å². The number of hydrogen-bond acceptors (Lipinski definition) is 4. The minimum absolute atomic E-state index is 0.126. The summed E-state index contributed by atoms with van der Waals surface area (Å²) >= 11 is 6.65. The molecule has 0 unspecified atom stereocenters. The molecule has 36 heavy (non-hydrogen) atoms. The molecule has 0 aromatic heterocycles. The van der Waals surface area contributed by atoms with Crippen molar-refractivity contribution < 1.29 is 28.6 Å². The normalized spacial score (nSPS) is 19.1. The molecule has 0 saturated heterocycles. The van der Waals surface area contributed by atoms with Gasteiger partial charge in [0, 0.05) is 16.3 Å². The van der Waals surface area contributed by atoms with Gasteiger partial charge in [-0.2, -0.15) is 0 Å². The third-order valence-corrected chi connectivity index (χ3v) is 6.92. The van der Waals surface area contributed by atoms with Crippen molar-refractivity contribution in [3.05, 3.63) is 87.7 Å². The zero-order valence-electron chi connectivity index (χ0n) is 20.0. The van der Waals surface area contributed by atoms with Crippen LogP contribution >= 0.6 is 11.6 Å². The molecule has 1 N–H and O–H groups in total. The second kappa shape index (κ2) is 8.82. The Morgan fingerprint density at radius 1 is 1.03 bits per heavy atom. The van der Waals surface area contributed by atoms with Gasteiger partial charge in [0.1, 0.15) is 24.9 Å². The van der Waals surface area contributed by atoms with E-state index in [0.29, 0.717) is 41.0 Å². The van der Waals surface area contributed by atoms with Crippen LogP contribution in [-0.2, 0) is 10.2 Å². The molecule has 0 aliphatic carbocycles. The number of ether oxygens (including phenoxy) is 2. The fraction of sp³-hybridized carbons (Fsp3) is 0.286. The predicted octanol–water partition coefficient (Wildman–Crippen LogP) is 6.12. The molecule has 6 nitrogen and oxygen atoms in total. The van der Waals surface area contributed by atoms with Crippen molar-refractivity contribution in [3.63, 3.8) is 0 Å². The molecular weight excluding hydrogens is 485 g/mol. The Morgan fingerprint density at radius 3 is 2.42 bits per heavy atom. The third-order valence-electron chi connectivity index (χ3n) is 6.60. The number of nitrogens with zero attached hydrogens (tertiary/aromatic N) is 1. The number of benzene rings is 3. The lowest BCUT2D eigenvalue weighted by molar-refractivity contribution is -0.139. The van der Waals surface area contributed by atoms with E-state index in [4.69, 9.17) is 21.1 Å². The van der Waals surface area contributed by atoms with Crippen molar-refractivity contribution in [3.8, 4) is 11.5 Å². The monoisotopic (exact) mass is 509 g/mol. The summed E-state index contributed by atoms with van der Waals surface area (Å²) in [6.45, 7) is 6.85. The van der Waals surface area contributed by atoms with Crippen molar-refractivity contribution in [2.75, 3.05) is 18.1 Å². The van der Waals surface area contributed by atoms with E-state index in [2.05, 4.69) is 0 Å². The molecule has 186 valence electrons. The van der Waals surface area contributed by atoms with Gasteiger partial charge in [-0.3, -0.25) is 14.5 Å². The van der Waals surface area contributed by atoms with Crippen molar-refractivity contribution in [2.45, 2.75) is 38.1 Å². The lowest BCUT2D eigenvalue weighted by atomic mass is 9.79. The van der Waals surface area contributed by atoms with Crippen molar-refractivity contribution in [1.82, 2.24) is 0 Å². The smallest absolute Gasteiger partial charge is 0.313 e. The summed E-state index contributed by atoms with van der Waals surface area (Å²) in [7, 11) is 0. The highest BCUT2D eigenvalue weighted by molar-refractivity contribution is 6.32. The highest BCUT2D eigenvalue weighted by Crippen LogP contribution is 2.48. The third kappa shape index (κ3) is 4.07. The Bertz CT molecular complexity index is 1380. The average molecular weight is 510 g/mol. The molecule has 5 rings (SSSR count). The van der Waals surface area contributed by atoms with Crippen LogP contribution < -0.4 is 14.4 Å². The first-order valence-corrected chi connectivity index (χ1v) is 12.0. The largest absolute Gasteiger partial charge is 0.486 e. The molecule has 0 bridgehead atoms. The molecule has 0 spiro atoms. The molecule has 0 fully saturated rings. The van der Waals surface area contributed by atoms with Gasteiger partial charge in [-0.25, -0.2) is 4.39 Å². The minimum Gasteiger partial charge on any atom is -0.486 e. The summed E-state index contributed by atoms with van der Waals surface area (Å²) in [5, 5.41) is 10.8. The first-order chi connectivity index (χ1) is 17.1. The second-order valence-corrected chi connectivity index (χ2v) is 10.4. The predicted molar refractivity (Wildman–Crippen MR) is 134 cm³/mol. The number of carbonyl (C=O) groups excluding carboxylic acids is 1. The Balaban J connectivity index is 1.74. The second-order valence-electron chi connectivity index (χ2n) is 9.98. The molecule has 8 heteroatoms. The van der Waals surface area contributed by atoms with Crippen LogP contribution in [0.15, 0.2) is 54.6 Å². The summed E-state index contributed by atoms with van der Waals surface area (Å²) in [4.78, 5) is 28.0. The lowest BCUT2D eigenvalue weighted by Gasteiger charge is -2.41. The summed E-state index contributed by atoms with van der Waals surface area (Å²) < 4.78 is 25.6. The summed E-state index contributed by atoms with van der Waals surface area (Å²) in [6, 6.07) is 13.0. The maximum atomic E-state index is 14.3. The molecule has 1 amide bonds. The summed E-state index contributed by atoms with van der Waals surface area (Å²) in [5.41, 5.74) is 1.88. The molecule has 3 aromatic carbocycles. The van der Waals surface area contributed by atoms with Crippen LogP contribution in [0.1, 0.15) is 59.8 Å². The van der Waals surface area contributed by atoms with E-state index < -0.39 is 29.7 Å². The van der Waals surface area contributed by atoms with Crippen LogP contribution in [0.3, 0.4) is 0 Å². The number of carbonyl (C=O) groups is 2. The van der Waals surface area contributed by atoms with Gasteiger partial charge in [0.05, 0.1) is 6.04 Å². The van der Waals surface area contributed by atoms with E-state index in [-0.39, 0.29) is 16.5 Å². The van der Waals surface area contributed by atoms with Crippen LogP contribution in [0.2, 0.25) is 5.02 Å². The zero-order chi connectivity index (χ0) is 25.8. The van der Waals surface area contributed by atoms with Crippen LogP contribution in [0.5, 0.6) is 11.5 Å². The first kappa shape index (κ1) is 24.1. The van der Waals surface area contributed by atoms with Crippen LogP contribution in [0, 0.1) is 5.82 Å². The van der Waals surface area contributed by atoms with E-state index in [1.54, 1.807) is 30.3 Å². The Kier molecular flexibility index (Phi) is 5.91. The van der Waals surface area contributed by atoms with E-state index in [1.165, 1.54) is 11.0 Å². The number of halogens is 2. The summed E-state index contributed by atoms with van der Waals surface area (Å²) in [6.07, 6.45) is 0. The van der Waals surface area contributed by atoms with Gasteiger partial charge in [0.2, 0.25) is 0 Å².